The number of rotatable bonds is 6. The number of nitrogens with one attached hydrogen (secondary N) is 1. The summed E-state index contributed by atoms with van der Waals surface area (Å²) in [6.45, 7) is 1.34. The first-order chi connectivity index (χ1) is 12.6. The molecule has 2 aromatic carbocycles. The van der Waals surface area contributed by atoms with E-state index in [9.17, 15) is 32.3 Å². The molecule has 0 radical (unpaired) electrons. The van der Waals surface area contributed by atoms with Gasteiger partial charge < -0.3 is 15.2 Å². The normalized spacial score (nSPS) is 11.1. The molecule has 2 N–H and O–H groups in total. The Hall–Kier alpha value is -3.10. The molecule has 0 unspecified atom stereocenters. The highest BCUT2D eigenvalue weighted by Crippen LogP contribution is 2.32. The van der Waals surface area contributed by atoms with Gasteiger partial charge in [0.15, 0.2) is 0 Å². The summed E-state index contributed by atoms with van der Waals surface area (Å²) in [6, 6.07) is 6.27. The Morgan fingerprint density at radius 3 is 2.41 bits per heavy atom. The Labute approximate surface area is 151 Å². The van der Waals surface area contributed by atoms with Crippen LogP contribution in [0.1, 0.15) is 34.8 Å². The summed E-state index contributed by atoms with van der Waals surface area (Å²) >= 11 is 0. The van der Waals surface area contributed by atoms with Crippen molar-refractivity contribution in [3.8, 4) is 5.75 Å². The predicted molar refractivity (Wildman–Crippen MR) is 88.1 cm³/mol. The minimum absolute atomic E-state index is 0.0854. The highest BCUT2D eigenvalue weighted by Gasteiger charge is 2.33. The second-order valence-electron chi connectivity index (χ2n) is 5.51. The third kappa shape index (κ3) is 5.19. The van der Waals surface area contributed by atoms with Crippen LogP contribution in [-0.2, 0) is 17.6 Å². The fraction of sp³-hybridized carbons (Fsp3) is 0.222. The van der Waals surface area contributed by atoms with Crippen molar-refractivity contribution < 1.29 is 37.0 Å². The molecular formula is C18H15F4NO4. The summed E-state index contributed by atoms with van der Waals surface area (Å²) in [5, 5.41) is 11.7. The van der Waals surface area contributed by atoms with Gasteiger partial charge in [0.05, 0.1) is 16.8 Å². The zero-order chi connectivity index (χ0) is 20.2. The minimum Gasteiger partial charge on any atom is -0.489 e. The first kappa shape index (κ1) is 20.2. The molecule has 0 aliphatic carbocycles. The third-order valence-electron chi connectivity index (χ3n) is 3.56. The standard InChI is InChI=1S/C18H15F4NO4/c1-2-16(24)23-15-6-4-11(8-12(15)17(25)26)27-9-10-3-5-13(14(19)7-10)18(20,21)22/h3-8H,2,9H2,1H3,(H,23,24)(H,25,26). The quantitative estimate of drug-likeness (QED) is 0.720. The van der Waals surface area contributed by atoms with Gasteiger partial charge in [0.2, 0.25) is 5.91 Å². The van der Waals surface area contributed by atoms with Crippen LogP contribution in [0, 0.1) is 5.82 Å². The van der Waals surface area contributed by atoms with Gasteiger partial charge in [-0.3, -0.25) is 4.79 Å². The summed E-state index contributed by atoms with van der Waals surface area (Å²) in [5.74, 6) is -2.99. The third-order valence-corrected chi connectivity index (χ3v) is 3.56. The lowest BCUT2D eigenvalue weighted by atomic mass is 10.1. The maximum absolute atomic E-state index is 13.6. The molecule has 9 heteroatoms. The van der Waals surface area contributed by atoms with Crippen molar-refractivity contribution in [2.75, 3.05) is 5.32 Å². The molecule has 27 heavy (non-hydrogen) atoms. The number of amides is 1. The molecule has 0 aromatic heterocycles. The number of carboxylic acid groups (broad SMARTS) is 1. The number of aromatic carboxylic acids is 1. The number of alkyl halides is 3. The van der Waals surface area contributed by atoms with Crippen LogP contribution in [0.3, 0.4) is 0 Å². The lowest BCUT2D eigenvalue weighted by molar-refractivity contribution is -0.140. The Balaban J connectivity index is 2.16. The predicted octanol–water partition coefficient (Wildman–Crippen LogP) is 4.47. The van der Waals surface area contributed by atoms with E-state index in [0.717, 1.165) is 12.1 Å². The SMILES string of the molecule is CCC(=O)Nc1ccc(OCc2ccc(C(F)(F)F)c(F)c2)cc1C(=O)O. The van der Waals surface area contributed by atoms with E-state index in [4.69, 9.17) is 4.74 Å². The second-order valence-corrected chi connectivity index (χ2v) is 5.51. The maximum Gasteiger partial charge on any atom is 0.419 e. The molecule has 2 rings (SSSR count). The fourth-order valence-corrected chi connectivity index (χ4v) is 2.18. The van der Waals surface area contributed by atoms with E-state index in [1.807, 2.05) is 0 Å². The molecule has 0 aliphatic rings. The molecule has 0 saturated heterocycles. The van der Waals surface area contributed by atoms with Crippen LogP contribution in [0.2, 0.25) is 0 Å². The van der Waals surface area contributed by atoms with Gasteiger partial charge in [0.1, 0.15) is 18.2 Å². The zero-order valence-corrected chi connectivity index (χ0v) is 14.1. The highest BCUT2D eigenvalue weighted by molar-refractivity contribution is 6.00. The van der Waals surface area contributed by atoms with E-state index in [-0.39, 0.29) is 41.5 Å². The van der Waals surface area contributed by atoms with Crippen molar-refractivity contribution in [3.63, 3.8) is 0 Å². The Morgan fingerprint density at radius 1 is 1.15 bits per heavy atom. The molecule has 0 saturated carbocycles. The lowest BCUT2D eigenvalue weighted by Gasteiger charge is -2.12. The van der Waals surface area contributed by atoms with Gasteiger partial charge in [-0.1, -0.05) is 13.0 Å². The maximum atomic E-state index is 13.6. The number of halogens is 4. The lowest BCUT2D eigenvalue weighted by Crippen LogP contribution is -2.13. The van der Waals surface area contributed by atoms with Crippen LogP contribution in [0.5, 0.6) is 5.75 Å². The average Bonchev–Trinajstić information content (AvgIpc) is 2.59. The molecule has 0 atom stereocenters. The minimum atomic E-state index is -4.79. The summed E-state index contributed by atoms with van der Waals surface area (Å²) in [5.41, 5.74) is -1.37. The summed E-state index contributed by atoms with van der Waals surface area (Å²) in [4.78, 5) is 22.8. The van der Waals surface area contributed by atoms with Gasteiger partial charge >= 0.3 is 12.1 Å². The van der Waals surface area contributed by atoms with E-state index < -0.39 is 23.5 Å². The van der Waals surface area contributed by atoms with Crippen LogP contribution in [0.15, 0.2) is 36.4 Å². The van der Waals surface area contributed by atoms with E-state index in [1.54, 1.807) is 6.92 Å². The molecule has 0 heterocycles. The van der Waals surface area contributed by atoms with Gasteiger partial charge in [-0.25, -0.2) is 9.18 Å². The largest absolute Gasteiger partial charge is 0.489 e. The smallest absolute Gasteiger partial charge is 0.419 e. The summed E-state index contributed by atoms with van der Waals surface area (Å²) in [6.07, 6.45) is -4.63. The van der Waals surface area contributed by atoms with E-state index in [0.29, 0.717) is 12.1 Å². The van der Waals surface area contributed by atoms with Crippen molar-refractivity contribution in [2.24, 2.45) is 0 Å². The number of anilines is 1. The van der Waals surface area contributed by atoms with Gasteiger partial charge in [-0.2, -0.15) is 13.2 Å². The van der Waals surface area contributed by atoms with Crippen molar-refractivity contribution >= 4 is 17.6 Å². The second kappa shape index (κ2) is 8.07. The van der Waals surface area contributed by atoms with Gasteiger partial charge in [0.25, 0.3) is 0 Å². The van der Waals surface area contributed by atoms with Gasteiger partial charge in [-0.15, -0.1) is 0 Å². The van der Waals surface area contributed by atoms with Crippen LogP contribution in [0.25, 0.3) is 0 Å². The first-order valence-electron chi connectivity index (χ1n) is 7.77. The number of hydrogen-bond donors (Lipinski definition) is 2. The Bertz CT molecular complexity index is 865. The van der Waals surface area contributed by atoms with Crippen molar-refractivity contribution in [1.82, 2.24) is 0 Å². The molecule has 5 nitrogen and oxygen atoms in total. The molecular weight excluding hydrogens is 370 g/mol. The Kier molecular flexibility index (Phi) is 6.04. The molecule has 0 aliphatic heterocycles. The monoisotopic (exact) mass is 385 g/mol. The number of ether oxygens (including phenoxy) is 1. The molecule has 144 valence electrons. The van der Waals surface area contributed by atoms with Gasteiger partial charge in [-0.05, 0) is 35.9 Å². The average molecular weight is 385 g/mol. The number of carboxylic acids is 1. The molecule has 0 fully saturated rings. The van der Waals surface area contributed by atoms with E-state index in [1.165, 1.54) is 12.1 Å². The van der Waals surface area contributed by atoms with Crippen molar-refractivity contribution in [3.05, 3.63) is 58.9 Å². The first-order valence-corrected chi connectivity index (χ1v) is 7.77. The van der Waals surface area contributed by atoms with Crippen molar-refractivity contribution in [2.45, 2.75) is 26.1 Å². The van der Waals surface area contributed by atoms with Crippen LogP contribution in [0.4, 0.5) is 23.2 Å². The van der Waals surface area contributed by atoms with E-state index in [2.05, 4.69) is 5.32 Å². The number of carbonyl (C=O) groups is 2. The van der Waals surface area contributed by atoms with Crippen LogP contribution < -0.4 is 10.1 Å². The molecule has 1 amide bonds. The van der Waals surface area contributed by atoms with Crippen LogP contribution in [-0.4, -0.2) is 17.0 Å². The van der Waals surface area contributed by atoms with Crippen LogP contribution >= 0.6 is 0 Å². The van der Waals surface area contributed by atoms with Gasteiger partial charge in [0, 0.05) is 6.42 Å². The number of benzene rings is 2. The molecule has 0 spiro atoms. The number of hydrogen-bond acceptors (Lipinski definition) is 3. The van der Waals surface area contributed by atoms with Crippen molar-refractivity contribution in [1.29, 1.82) is 0 Å². The summed E-state index contributed by atoms with van der Waals surface area (Å²) < 4.78 is 56.5. The van der Waals surface area contributed by atoms with E-state index >= 15 is 0 Å². The highest BCUT2D eigenvalue weighted by atomic mass is 19.4. The Morgan fingerprint density at radius 2 is 1.85 bits per heavy atom. The fourth-order valence-electron chi connectivity index (χ4n) is 2.18. The number of carbonyl (C=O) groups excluding carboxylic acids is 1. The summed E-state index contributed by atoms with van der Waals surface area (Å²) in [7, 11) is 0. The molecule has 0 bridgehead atoms. The zero-order valence-electron chi connectivity index (χ0n) is 14.1. The molecule has 2 aromatic rings. The topological polar surface area (TPSA) is 75.6 Å².